The van der Waals surface area contributed by atoms with Crippen LogP contribution in [0.3, 0.4) is 0 Å². The van der Waals surface area contributed by atoms with Gasteiger partial charge in [-0.25, -0.2) is 0 Å². The van der Waals surface area contributed by atoms with Gasteiger partial charge in [-0.3, -0.25) is 0 Å². The van der Waals surface area contributed by atoms with E-state index in [4.69, 9.17) is 4.42 Å². The zero-order valence-electron chi connectivity index (χ0n) is 16.5. The van der Waals surface area contributed by atoms with Crippen LogP contribution < -0.4 is 9.80 Å². The molecule has 28 heavy (non-hydrogen) atoms. The number of anilines is 2. The van der Waals surface area contributed by atoms with Crippen molar-refractivity contribution < 1.29 is 4.42 Å². The molecule has 2 aromatic carbocycles. The van der Waals surface area contributed by atoms with Gasteiger partial charge in [-0.2, -0.15) is 0 Å². The van der Waals surface area contributed by atoms with E-state index < -0.39 is 0 Å². The van der Waals surface area contributed by atoms with E-state index in [-0.39, 0.29) is 0 Å². The van der Waals surface area contributed by atoms with Crippen molar-refractivity contribution in [3.05, 3.63) is 59.9 Å². The minimum Gasteiger partial charge on any atom is -0.464 e. The maximum absolute atomic E-state index is 5.73. The number of nitrogens with zero attached hydrogens (tertiary/aromatic N) is 3. The Bertz CT molecular complexity index is 1030. The first kappa shape index (κ1) is 16.5. The second-order valence-electron chi connectivity index (χ2n) is 8.60. The molecule has 0 bridgehead atoms. The van der Waals surface area contributed by atoms with Crippen LogP contribution in [0.2, 0.25) is 0 Å². The molecule has 0 saturated carbocycles. The van der Waals surface area contributed by atoms with Crippen LogP contribution in [0.5, 0.6) is 0 Å². The molecule has 0 unspecified atom stereocenters. The Hall–Kier alpha value is -2.46. The lowest BCUT2D eigenvalue weighted by Crippen LogP contribution is -2.49. The van der Waals surface area contributed by atoms with Gasteiger partial charge in [0.15, 0.2) is 0 Å². The Morgan fingerprint density at radius 3 is 2.93 bits per heavy atom. The third-order valence-electron chi connectivity index (χ3n) is 7.14. The number of hydrogen-bond donors (Lipinski definition) is 0. The molecule has 3 aromatic rings. The Morgan fingerprint density at radius 2 is 1.96 bits per heavy atom. The fourth-order valence-electron chi connectivity index (χ4n) is 5.68. The Kier molecular flexibility index (Phi) is 3.70. The van der Waals surface area contributed by atoms with E-state index in [9.17, 15) is 0 Å². The van der Waals surface area contributed by atoms with Crippen LogP contribution in [0.1, 0.15) is 23.5 Å². The van der Waals surface area contributed by atoms with Crippen molar-refractivity contribution in [1.29, 1.82) is 0 Å². The van der Waals surface area contributed by atoms with Crippen molar-refractivity contribution in [2.24, 2.45) is 0 Å². The highest BCUT2D eigenvalue weighted by Crippen LogP contribution is 2.50. The van der Waals surface area contributed by atoms with Gasteiger partial charge in [0.1, 0.15) is 5.58 Å². The Balaban J connectivity index is 1.22. The molecule has 0 amide bonds. The standard InChI is InChI=1S/C24H27N3O/c1-25-13-14-27-21-10-12-26(15-20(21)19-6-4-7-22(25)24(19)27)11-9-17-16-28-23-8-3-2-5-18(17)23/h2-8,16,20-21H,9-15H2,1H3/t20-,21-/m0/s1. The first-order chi connectivity index (χ1) is 13.8. The van der Waals surface area contributed by atoms with Gasteiger partial charge in [0.2, 0.25) is 0 Å². The summed E-state index contributed by atoms with van der Waals surface area (Å²) in [5, 5.41) is 1.27. The van der Waals surface area contributed by atoms with Crippen LogP contribution >= 0.6 is 0 Å². The number of likely N-dealkylation sites (tertiary alicyclic amines) is 1. The number of rotatable bonds is 3. The third-order valence-corrected chi connectivity index (χ3v) is 7.14. The van der Waals surface area contributed by atoms with E-state index in [1.54, 1.807) is 5.56 Å². The summed E-state index contributed by atoms with van der Waals surface area (Å²) in [4.78, 5) is 7.81. The number of furan rings is 1. The van der Waals surface area contributed by atoms with Gasteiger partial charge in [-0.05, 0) is 36.1 Å². The molecule has 3 aliphatic rings. The average Bonchev–Trinajstić information content (AvgIpc) is 3.29. The van der Waals surface area contributed by atoms with Crippen molar-refractivity contribution in [1.82, 2.24) is 4.90 Å². The first-order valence-corrected chi connectivity index (χ1v) is 10.6. The molecule has 1 saturated heterocycles. The maximum Gasteiger partial charge on any atom is 0.134 e. The molecule has 144 valence electrons. The molecule has 1 fully saturated rings. The number of likely N-dealkylation sites (N-methyl/N-ethyl adjacent to an activating group) is 1. The summed E-state index contributed by atoms with van der Waals surface area (Å²) < 4.78 is 5.73. The van der Waals surface area contributed by atoms with Crippen molar-refractivity contribution >= 4 is 22.3 Å². The minimum atomic E-state index is 0.649. The number of hydrogen-bond acceptors (Lipinski definition) is 4. The van der Waals surface area contributed by atoms with Crippen LogP contribution in [-0.2, 0) is 6.42 Å². The van der Waals surface area contributed by atoms with Crippen molar-refractivity contribution in [2.75, 3.05) is 49.6 Å². The smallest absolute Gasteiger partial charge is 0.134 e. The summed E-state index contributed by atoms with van der Waals surface area (Å²) in [6.07, 6.45) is 4.29. The second-order valence-corrected chi connectivity index (χ2v) is 8.60. The normalized spacial score (nSPS) is 23.9. The van der Waals surface area contributed by atoms with Gasteiger partial charge < -0.3 is 19.1 Å². The van der Waals surface area contributed by atoms with Crippen molar-refractivity contribution in [3.8, 4) is 0 Å². The van der Waals surface area contributed by atoms with Gasteiger partial charge in [-0.1, -0.05) is 30.3 Å². The SMILES string of the molecule is CN1CCN2c3c(cccc31)[C@@H]1CN(CCc3coc4ccccc34)CC[C@@H]12. The zero-order valence-corrected chi connectivity index (χ0v) is 16.5. The highest BCUT2D eigenvalue weighted by molar-refractivity contribution is 5.81. The minimum absolute atomic E-state index is 0.649. The van der Waals surface area contributed by atoms with Gasteiger partial charge >= 0.3 is 0 Å². The molecule has 2 atom stereocenters. The van der Waals surface area contributed by atoms with E-state index in [1.165, 1.54) is 48.4 Å². The molecule has 3 aliphatic heterocycles. The summed E-state index contributed by atoms with van der Waals surface area (Å²) in [6, 6.07) is 16.0. The third kappa shape index (κ3) is 2.40. The predicted molar refractivity (Wildman–Crippen MR) is 115 cm³/mol. The summed E-state index contributed by atoms with van der Waals surface area (Å²) in [5.41, 5.74) is 6.87. The van der Waals surface area contributed by atoms with E-state index in [0.717, 1.165) is 25.1 Å². The van der Waals surface area contributed by atoms with Gasteiger partial charge in [0.05, 0.1) is 17.6 Å². The van der Waals surface area contributed by atoms with E-state index in [2.05, 4.69) is 58.1 Å². The largest absolute Gasteiger partial charge is 0.464 e. The summed E-state index contributed by atoms with van der Waals surface area (Å²) in [7, 11) is 2.23. The van der Waals surface area contributed by atoms with Crippen molar-refractivity contribution in [2.45, 2.75) is 24.8 Å². The van der Waals surface area contributed by atoms with Crippen LogP contribution in [0.4, 0.5) is 11.4 Å². The van der Waals surface area contributed by atoms with Gasteiger partial charge in [0.25, 0.3) is 0 Å². The number of piperidine rings is 1. The summed E-state index contributed by atoms with van der Waals surface area (Å²) in [6.45, 7) is 5.80. The van der Waals surface area contributed by atoms with Crippen LogP contribution in [-0.4, -0.2) is 50.7 Å². The second kappa shape index (κ2) is 6.28. The highest BCUT2D eigenvalue weighted by Gasteiger charge is 2.44. The monoisotopic (exact) mass is 373 g/mol. The predicted octanol–water partition coefficient (Wildman–Crippen LogP) is 4.10. The molecule has 0 N–H and O–H groups in total. The lowest BCUT2D eigenvalue weighted by atomic mass is 9.89. The number of fused-ring (bicyclic) bond motifs is 4. The lowest BCUT2D eigenvalue weighted by Gasteiger charge is -2.41. The Labute approximate surface area is 166 Å². The summed E-state index contributed by atoms with van der Waals surface area (Å²) in [5.74, 6) is 0.649. The van der Waals surface area contributed by atoms with Crippen LogP contribution in [0.25, 0.3) is 11.0 Å². The first-order valence-electron chi connectivity index (χ1n) is 10.6. The fraction of sp³-hybridized carbons (Fsp3) is 0.417. The molecule has 0 aliphatic carbocycles. The van der Waals surface area contributed by atoms with Crippen LogP contribution in [0.15, 0.2) is 53.1 Å². The van der Waals surface area contributed by atoms with Gasteiger partial charge in [-0.15, -0.1) is 0 Å². The quantitative estimate of drug-likeness (QED) is 0.689. The van der Waals surface area contributed by atoms with E-state index in [1.807, 2.05) is 12.3 Å². The number of para-hydroxylation sites is 2. The molecule has 4 heteroatoms. The molecule has 0 radical (unpaired) electrons. The van der Waals surface area contributed by atoms with E-state index >= 15 is 0 Å². The Morgan fingerprint density at radius 1 is 1.04 bits per heavy atom. The van der Waals surface area contributed by atoms with E-state index in [0.29, 0.717) is 12.0 Å². The van der Waals surface area contributed by atoms with Gasteiger partial charge in [0, 0.05) is 57.1 Å². The molecule has 4 heterocycles. The molecule has 6 rings (SSSR count). The molecular formula is C24H27N3O. The topological polar surface area (TPSA) is 22.9 Å². The van der Waals surface area contributed by atoms with Crippen LogP contribution in [0, 0.1) is 0 Å². The average molecular weight is 374 g/mol. The molecule has 0 spiro atoms. The zero-order chi connectivity index (χ0) is 18.7. The molecule has 1 aromatic heterocycles. The van der Waals surface area contributed by atoms with Crippen molar-refractivity contribution in [3.63, 3.8) is 0 Å². The molecule has 4 nitrogen and oxygen atoms in total. The highest BCUT2D eigenvalue weighted by atomic mass is 16.3. The maximum atomic E-state index is 5.73. The summed E-state index contributed by atoms with van der Waals surface area (Å²) >= 11 is 0. The molecular weight excluding hydrogens is 346 g/mol. The number of benzene rings is 2. The lowest BCUT2D eigenvalue weighted by molar-refractivity contribution is 0.195. The fourth-order valence-corrected chi connectivity index (χ4v) is 5.68.